The van der Waals surface area contributed by atoms with Crippen molar-refractivity contribution in [3.05, 3.63) is 105 Å². The quantitative estimate of drug-likeness (QED) is 0.0975. The van der Waals surface area contributed by atoms with Crippen LogP contribution in [0.4, 0.5) is 14.5 Å². The van der Waals surface area contributed by atoms with Gasteiger partial charge in [0.15, 0.2) is 0 Å². The number of aliphatic hydroxyl groups excluding tert-OH is 1. The van der Waals surface area contributed by atoms with Gasteiger partial charge in [0, 0.05) is 40.5 Å². The summed E-state index contributed by atoms with van der Waals surface area (Å²) in [5.41, 5.74) is 10.4. The Hall–Kier alpha value is -3.65. The molecule has 0 radical (unpaired) electrons. The number of hydrogen-bond acceptors (Lipinski definition) is 7. The normalized spacial score (nSPS) is 15.8. The first-order valence-corrected chi connectivity index (χ1v) is 16.3. The Labute approximate surface area is 265 Å². The summed E-state index contributed by atoms with van der Waals surface area (Å²) < 4.78 is 57.5. The maximum atomic E-state index is 15.2. The number of carbonyl (C=O) groups excluding carboxylic acids is 1. The molecule has 0 spiro atoms. The number of nitrogens with zero attached hydrogens (tertiary/aromatic N) is 4. The zero-order valence-corrected chi connectivity index (χ0v) is 26.0. The first-order chi connectivity index (χ1) is 21.5. The van der Waals surface area contributed by atoms with Crippen LogP contribution in [0.15, 0.2) is 66.0 Å². The van der Waals surface area contributed by atoms with Gasteiger partial charge in [0.2, 0.25) is 15.9 Å². The van der Waals surface area contributed by atoms with Crippen LogP contribution >= 0.6 is 11.6 Å². The summed E-state index contributed by atoms with van der Waals surface area (Å²) in [6.07, 6.45) is 2.87. The average molecular weight is 662 g/mol. The summed E-state index contributed by atoms with van der Waals surface area (Å²) in [6.45, 7) is 2.00. The van der Waals surface area contributed by atoms with Crippen LogP contribution in [0.2, 0.25) is 5.02 Å². The van der Waals surface area contributed by atoms with Crippen LogP contribution in [-0.2, 0) is 21.2 Å². The smallest absolute Gasteiger partial charge is 0.234 e. The zero-order valence-electron chi connectivity index (χ0n) is 24.4. The number of hydrogen-bond donors (Lipinski definition) is 4. The molecule has 0 aliphatic heterocycles. The zero-order chi connectivity index (χ0) is 32.6. The lowest BCUT2D eigenvalue weighted by atomic mass is 9.84. The van der Waals surface area contributed by atoms with Gasteiger partial charge in [-0.3, -0.25) is 9.78 Å². The summed E-state index contributed by atoms with van der Waals surface area (Å²) in [7, 11) is -3.58. The van der Waals surface area contributed by atoms with E-state index in [1.807, 2.05) is 0 Å². The summed E-state index contributed by atoms with van der Waals surface area (Å²) >= 11 is 6.06. The molecule has 45 heavy (non-hydrogen) atoms. The Kier molecular flexibility index (Phi) is 11.8. The predicted molar refractivity (Wildman–Crippen MR) is 167 cm³/mol. The SMILES string of the molecule is C[C@@H](O)CNC[C@H](CCc1c(F)cncc1NC(=O)[C@@H](N=[N+]=[N-])[C@@H](c1ccc(Cl)cc1)c1cccc(F)c1)NS(=O)(=O)C1CC1. The number of nitrogens with one attached hydrogen (secondary N) is 3. The van der Waals surface area contributed by atoms with Gasteiger partial charge in [-0.25, -0.2) is 21.9 Å². The summed E-state index contributed by atoms with van der Waals surface area (Å²) in [6, 6.07) is 9.92. The minimum Gasteiger partial charge on any atom is -0.392 e. The number of anilines is 1. The molecule has 1 saturated carbocycles. The molecular weight excluding hydrogens is 628 g/mol. The Morgan fingerprint density at radius 2 is 1.89 bits per heavy atom. The Morgan fingerprint density at radius 1 is 1.16 bits per heavy atom. The van der Waals surface area contributed by atoms with Gasteiger partial charge in [0.25, 0.3) is 0 Å². The molecule has 11 nitrogen and oxygen atoms in total. The molecule has 15 heteroatoms. The van der Waals surface area contributed by atoms with Crippen LogP contribution in [0.25, 0.3) is 10.4 Å². The Balaban J connectivity index is 1.60. The number of halogens is 3. The molecule has 0 saturated heterocycles. The highest BCUT2D eigenvalue weighted by Crippen LogP contribution is 2.33. The van der Waals surface area contributed by atoms with E-state index in [1.54, 1.807) is 37.3 Å². The van der Waals surface area contributed by atoms with Crippen molar-refractivity contribution in [2.45, 2.75) is 62.0 Å². The fourth-order valence-electron chi connectivity index (χ4n) is 4.98. The lowest BCUT2D eigenvalue weighted by Gasteiger charge is -2.25. The number of amides is 1. The number of carbonyl (C=O) groups is 1. The molecule has 3 aromatic rings. The highest BCUT2D eigenvalue weighted by atomic mass is 35.5. The second kappa shape index (κ2) is 15.6. The molecule has 4 atom stereocenters. The summed E-state index contributed by atoms with van der Waals surface area (Å²) in [5.74, 6) is -3.01. The van der Waals surface area contributed by atoms with Crippen LogP contribution in [0.3, 0.4) is 0 Å². The molecule has 1 fully saturated rings. The van der Waals surface area contributed by atoms with Crippen molar-refractivity contribution >= 4 is 33.2 Å². The van der Waals surface area contributed by atoms with Gasteiger partial charge in [-0.2, -0.15) is 0 Å². The fourth-order valence-corrected chi connectivity index (χ4v) is 6.72. The largest absolute Gasteiger partial charge is 0.392 e. The molecule has 1 aromatic heterocycles. The van der Waals surface area contributed by atoms with Crippen molar-refractivity contribution in [1.29, 1.82) is 0 Å². The van der Waals surface area contributed by atoms with E-state index in [9.17, 15) is 28.2 Å². The molecule has 0 bridgehead atoms. The number of azide groups is 1. The van der Waals surface area contributed by atoms with E-state index >= 15 is 4.39 Å². The second-order valence-corrected chi connectivity index (χ2v) is 13.4. The van der Waals surface area contributed by atoms with Crippen molar-refractivity contribution < 1.29 is 27.1 Å². The van der Waals surface area contributed by atoms with Crippen molar-refractivity contribution in [3.63, 3.8) is 0 Å². The van der Waals surface area contributed by atoms with E-state index in [1.165, 1.54) is 24.4 Å². The van der Waals surface area contributed by atoms with Crippen LogP contribution in [-0.4, -0.2) is 60.9 Å². The van der Waals surface area contributed by atoms with Crippen molar-refractivity contribution in [1.82, 2.24) is 15.0 Å². The van der Waals surface area contributed by atoms with Crippen LogP contribution in [0.1, 0.15) is 48.8 Å². The van der Waals surface area contributed by atoms with E-state index in [0.29, 0.717) is 29.0 Å². The molecule has 1 heterocycles. The van der Waals surface area contributed by atoms with Gasteiger partial charge in [0.05, 0.1) is 29.4 Å². The number of sulfonamides is 1. The first kappa shape index (κ1) is 34.2. The van der Waals surface area contributed by atoms with E-state index in [-0.39, 0.29) is 37.2 Å². The van der Waals surface area contributed by atoms with Crippen LogP contribution in [0, 0.1) is 11.6 Å². The molecule has 240 valence electrons. The second-order valence-electron chi connectivity index (χ2n) is 11.0. The van der Waals surface area contributed by atoms with Gasteiger partial charge >= 0.3 is 0 Å². The van der Waals surface area contributed by atoms with Crippen molar-refractivity contribution in [2.24, 2.45) is 5.11 Å². The maximum Gasteiger partial charge on any atom is 0.234 e. The topological polar surface area (TPSA) is 169 Å². The van der Waals surface area contributed by atoms with E-state index in [0.717, 1.165) is 6.20 Å². The molecule has 0 unspecified atom stereocenters. The molecule has 4 N–H and O–H groups in total. The minimum atomic E-state index is -3.58. The third-order valence-corrected chi connectivity index (χ3v) is 9.59. The number of aromatic nitrogens is 1. The van der Waals surface area contributed by atoms with Gasteiger partial charge in [0.1, 0.15) is 17.7 Å². The molecule has 1 amide bonds. The molecule has 2 aromatic carbocycles. The van der Waals surface area contributed by atoms with Crippen LogP contribution < -0.4 is 15.4 Å². The third-order valence-electron chi connectivity index (χ3n) is 7.33. The van der Waals surface area contributed by atoms with E-state index in [2.05, 4.69) is 30.4 Å². The lowest BCUT2D eigenvalue weighted by Crippen LogP contribution is -2.44. The van der Waals surface area contributed by atoms with Crippen molar-refractivity contribution in [3.8, 4) is 0 Å². The Bertz CT molecular complexity index is 1640. The molecule has 4 rings (SSSR count). The molecule has 1 aliphatic carbocycles. The number of aliphatic hydroxyl groups is 1. The first-order valence-electron chi connectivity index (χ1n) is 14.4. The third kappa shape index (κ3) is 9.67. The van der Waals surface area contributed by atoms with Gasteiger partial charge < -0.3 is 15.7 Å². The summed E-state index contributed by atoms with van der Waals surface area (Å²) in [5, 5.41) is 19.0. The average Bonchev–Trinajstić information content (AvgIpc) is 3.84. The maximum absolute atomic E-state index is 15.2. The fraction of sp³-hybridized carbons (Fsp3) is 0.400. The van der Waals surface area contributed by atoms with Gasteiger partial charge in [-0.1, -0.05) is 41.0 Å². The standard InChI is InChI=1S/C30H34ClF2N7O4S/c1-18(41)14-35-15-23(39-45(43,44)24-10-11-24)9-12-25-26(33)16-36-17-27(25)37-30(42)29(38-40-34)28(19-5-7-21(31)8-6-19)20-3-2-4-22(32)13-20/h2-8,13,16-18,23-24,28-29,35,39,41H,9-12,14-15H2,1H3,(H,37,42)/t18-,23+,28+,29+/m1/s1. The number of benzene rings is 2. The number of pyridine rings is 1. The number of rotatable bonds is 16. The van der Waals surface area contributed by atoms with Gasteiger partial charge in [-0.05, 0) is 73.5 Å². The summed E-state index contributed by atoms with van der Waals surface area (Å²) in [4.78, 5) is 20.5. The predicted octanol–water partition coefficient (Wildman–Crippen LogP) is 4.82. The highest BCUT2D eigenvalue weighted by molar-refractivity contribution is 7.90. The molecule has 1 aliphatic rings. The molecular formula is C30H34ClF2N7O4S. The van der Waals surface area contributed by atoms with Crippen LogP contribution in [0.5, 0.6) is 0 Å². The monoisotopic (exact) mass is 661 g/mol. The Morgan fingerprint density at radius 3 is 2.53 bits per heavy atom. The van der Waals surface area contributed by atoms with E-state index in [4.69, 9.17) is 11.6 Å². The highest BCUT2D eigenvalue weighted by Gasteiger charge is 2.37. The van der Waals surface area contributed by atoms with E-state index < -0.39 is 56.9 Å². The lowest BCUT2D eigenvalue weighted by molar-refractivity contribution is -0.117. The van der Waals surface area contributed by atoms with Crippen molar-refractivity contribution in [2.75, 3.05) is 18.4 Å². The minimum absolute atomic E-state index is 0.00739. The van der Waals surface area contributed by atoms with Gasteiger partial charge in [-0.15, -0.1) is 0 Å².